The summed E-state index contributed by atoms with van der Waals surface area (Å²) in [4.78, 5) is 17.1. The maximum atomic E-state index is 12.8. The minimum Gasteiger partial charge on any atom is -0.337 e. The number of rotatable bonds is 3. The van der Waals surface area contributed by atoms with E-state index in [1.807, 2.05) is 0 Å². The molecule has 2 unspecified atom stereocenters. The van der Waals surface area contributed by atoms with Gasteiger partial charge in [0.05, 0.1) is 5.54 Å². The number of likely N-dealkylation sites (tertiary alicyclic amines) is 1. The number of likely N-dealkylation sites (N-methyl/N-ethyl adjacent to an activating group) is 1. The number of nitrogens with one attached hydrogen (secondary N) is 1. The number of nitrogens with zero attached hydrogens (tertiary/aromatic N) is 2. The smallest absolute Gasteiger partial charge is 0.242 e. The first-order valence-electron chi connectivity index (χ1n) is 7.24. The Balaban J connectivity index is 2.02. The summed E-state index contributed by atoms with van der Waals surface area (Å²) in [5.41, 5.74) is -0.312. The van der Waals surface area contributed by atoms with Gasteiger partial charge >= 0.3 is 0 Å². The maximum absolute atomic E-state index is 12.8. The second-order valence-corrected chi connectivity index (χ2v) is 6.27. The lowest BCUT2D eigenvalue weighted by molar-refractivity contribution is -0.139. The third kappa shape index (κ3) is 2.86. The Hall–Kier alpha value is -0.610. The molecule has 0 aliphatic carbocycles. The van der Waals surface area contributed by atoms with Gasteiger partial charge in [-0.2, -0.15) is 0 Å². The van der Waals surface area contributed by atoms with Crippen molar-refractivity contribution < 1.29 is 4.79 Å². The van der Waals surface area contributed by atoms with Crippen molar-refractivity contribution in [3.8, 4) is 0 Å². The molecule has 0 bridgehead atoms. The summed E-state index contributed by atoms with van der Waals surface area (Å²) in [5, 5.41) is 3.44. The van der Waals surface area contributed by atoms with Crippen LogP contribution in [0.2, 0.25) is 0 Å². The average Bonchev–Trinajstić information content (AvgIpc) is 2.76. The SMILES string of the molecule is CN(C)CC1CCCN1C(=O)C1(C)CCCCN1. The molecule has 0 aromatic rings. The molecule has 1 amide bonds. The van der Waals surface area contributed by atoms with Crippen molar-refractivity contribution in [3.63, 3.8) is 0 Å². The summed E-state index contributed by atoms with van der Waals surface area (Å²) >= 11 is 0. The van der Waals surface area contributed by atoms with E-state index in [0.717, 1.165) is 38.9 Å². The van der Waals surface area contributed by atoms with Crippen LogP contribution >= 0.6 is 0 Å². The first-order chi connectivity index (χ1) is 8.53. The molecule has 104 valence electrons. The Morgan fingerprint density at radius 1 is 1.39 bits per heavy atom. The van der Waals surface area contributed by atoms with Crippen molar-refractivity contribution in [1.29, 1.82) is 0 Å². The Kier molecular flexibility index (Phi) is 4.28. The summed E-state index contributed by atoms with van der Waals surface area (Å²) < 4.78 is 0. The molecule has 18 heavy (non-hydrogen) atoms. The third-order valence-electron chi connectivity index (χ3n) is 4.30. The van der Waals surface area contributed by atoms with E-state index in [0.29, 0.717) is 11.9 Å². The lowest BCUT2D eigenvalue weighted by Gasteiger charge is -2.39. The molecular formula is C14H27N3O. The van der Waals surface area contributed by atoms with E-state index in [-0.39, 0.29) is 5.54 Å². The average molecular weight is 253 g/mol. The first kappa shape index (κ1) is 13.8. The summed E-state index contributed by atoms with van der Waals surface area (Å²) in [6, 6.07) is 0.410. The second kappa shape index (κ2) is 5.57. The van der Waals surface area contributed by atoms with Crippen LogP contribution in [0.1, 0.15) is 39.0 Å². The highest BCUT2D eigenvalue weighted by Crippen LogP contribution is 2.26. The highest BCUT2D eigenvalue weighted by molar-refractivity contribution is 5.86. The van der Waals surface area contributed by atoms with Crippen LogP contribution in [0.15, 0.2) is 0 Å². The molecule has 0 spiro atoms. The quantitative estimate of drug-likeness (QED) is 0.817. The highest BCUT2D eigenvalue weighted by atomic mass is 16.2. The van der Waals surface area contributed by atoms with Crippen molar-refractivity contribution in [2.75, 3.05) is 33.7 Å². The van der Waals surface area contributed by atoms with Crippen molar-refractivity contribution in [2.45, 2.75) is 50.6 Å². The Morgan fingerprint density at radius 3 is 2.78 bits per heavy atom. The van der Waals surface area contributed by atoms with E-state index in [2.05, 4.69) is 36.1 Å². The zero-order valence-electron chi connectivity index (χ0n) is 12.0. The number of carbonyl (C=O) groups is 1. The first-order valence-corrected chi connectivity index (χ1v) is 7.24. The monoisotopic (exact) mass is 253 g/mol. The number of piperidine rings is 1. The fraction of sp³-hybridized carbons (Fsp3) is 0.929. The van der Waals surface area contributed by atoms with Gasteiger partial charge in [-0.3, -0.25) is 4.79 Å². The molecule has 1 N–H and O–H groups in total. The van der Waals surface area contributed by atoms with E-state index in [1.54, 1.807) is 0 Å². The number of hydrogen-bond acceptors (Lipinski definition) is 3. The van der Waals surface area contributed by atoms with Crippen LogP contribution in [0, 0.1) is 0 Å². The summed E-state index contributed by atoms with van der Waals surface area (Å²) in [6.07, 6.45) is 5.66. The minimum absolute atomic E-state index is 0.312. The van der Waals surface area contributed by atoms with Gasteiger partial charge in [0.25, 0.3) is 0 Å². The molecule has 4 heteroatoms. The van der Waals surface area contributed by atoms with E-state index < -0.39 is 0 Å². The van der Waals surface area contributed by atoms with Crippen molar-refractivity contribution in [3.05, 3.63) is 0 Å². The standard InChI is InChI=1S/C14H27N3O/c1-14(8-4-5-9-15-14)13(18)17-10-6-7-12(17)11-16(2)3/h12,15H,4-11H2,1-3H3. The zero-order valence-corrected chi connectivity index (χ0v) is 12.0. The molecule has 2 atom stereocenters. The van der Waals surface area contributed by atoms with Gasteiger partial charge in [0.1, 0.15) is 0 Å². The topological polar surface area (TPSA) is 35.6 Å². The Morgan fingerprint density at radius 2 is 2.17 bits per heavy atom. The van der Waals surface area contributed by atoms with E-state index in [9.17, 15) is 4.79 Å². The molecule has 0 radical (unpaired) electrons. The highest BCUT2D eigenvalue weighted by Gasteiger charge is 2.41. The predicted molar refractivity (Wildman–Crippen MR) is 73.5 cm³/mol. The fourth-order valence-electron chi connectivity index (χ4n) is 3.27. The third-order valence-corrected chi connectivity index (χ3v) is 4.30. The zero-order chi connectivity index (χ0) is 13.2. The summed E-state index contributed by atoms with van der Waals surface area (Å²) in [5.74, 6) is 0.326. The van der Waals surface area contributed by atoms with E-state index in [1.165, 1.54) is 12.8 Å². The summed E-state index contributed by atoms with van der Waals surface area (Å²) in [7, 11) is 4.17. The van der Waals surface area contributed by atoms with Crippen LogP contribution in [0.4, 0.5) is 0 Å². The molecule has 0 aromatic carbocycles. The van der Waals surface area contributed by atoms with Crippen LogP contribution in [0.25, 0.3) is 0 Å². The van der Waals surface area contributed by atoms with Gasteiger partial charge in [-0.25, -0.2) is 0 Å². The molecule has 2 aliphatic heterocycles. The van der Waals surface area contributed by atoms with Gasteiger partial charge in [0.2, 0.25) is 5.91 Å². The van der Waals surface area contributed by atoms with Crippen molar-refractivity contribution >= 4 is 5.91 Å². The Labute approximate surface area is 111 Å². The van der Waals surface area contributed by atoms with Gasteiger partial charge < -0.3 is 15.1 Å². The molecule has 0 saturated carbocycles. The van der Waals surface area contributed by atoms with Crippen molar-refractivity contribution in [2.24, 2.45) is 0 Å². The van der Waals surface area contributed by atoms with Gasteiger partial charge in [-0.1, -0.05) is 0 Å². The molecule has 2 rings (SSSR count). The molecule has 4 nitrogen and oxygen atoms in total. The molecule has 2 aliphatic rings. The number of amides is 1. The normalized spacial score (nSPS) is 33.1. The summed E-state index contributed by atoms with van der Waals surface area (Å²) in [6.45, 7) is 4.99. The number of carbonyl (C=O) groups excluding carboxylic acids is 1. The van der Waals surface area contributed by atoms with Crippen LogP contribution < -0.4 is 5.32 Å². The maximum Gasteiger partial charge on any atom is 0.242 e. The lowest BCUT2D eigenvalue weighted by Crippen LogP contribution is -2.59. The van der Waals surface area contributed by atoms with Crippen LogP contribution in [-0.4, -0.2) is 61.0 Å². The predicted octanol–water partition coefficient (Wildman–Crippen LogP) is 1.07. The minimum atomic E-state index is -0.312. The van der Waals surface area contributed by atoms with E-state index in [4.69, 9.17) is 0 Å². The molecule has 2 heterocycles. The number of hydrogen-bond donors (Lipinski definition) is 1. The van der Waals surface area contributed by atoms with Crippen LogP contribution in [0.3, 0.4) is 0 Å². The molecule has 2 fully saturated rings. The lowest BCUT2D eigenvalue weighted by atomic mass is 9.89. The van der Waals surface area contributed by atoms with Gasteiger partial charge in [-0.05, 0) is 59.7 Å². The second-order valence-electron chi connectivity index (χ2n) is 6.27. The largest absolute Gasteiger partial charge is 0.337 e. The van der Waals surface area contributed by atoms with Gasteiger partial charge in [-0.15, -0.1) is 0 Å². The van der Waals surface area contributed by atoms with Crippen LogP contribution in [-0.2, 0) is 4.79 Å². The van der Waals surface area contributed by atoms with Crippen LogP contribution in [0.5, 0.6) is 0 Å². The molecule has 2 saturated heterocycles. The molecular weight excluding hydrogens is 226 g/mol. The van der Waals surface area contributed by atoms with E-state index >= 15 is 0 Å². The van der Waals surface area contributed by atoms with Crippen molar-refractivity contribution in [1.82, 2.24) is 15.1 Å². The van der Waals surface area contributed by atoms with Gasteiger partial charge in [0.15, 0.2) is 0 Å². The Bertz CT molecular complexity index is 297. The fourth-order valence-corrected chi connectivity index (χ4v) is 3.27. The molecule has 0 aromatic heterocycles. The van der Waals surface area contributed by atoms with Gasteiger partial charge in [0, 0.05) is 19.1 Å².